The van der Waals surface area contributed by atoms with Gasteiger partial charge in [0, 0.05) is 24.9 Å². The van der Waals surface area contributed by atoms with Crippen molar-refractivity contribution in [3.05, 3.63) is 77.0 Å². The molecular weight excluding hydrogens is 455 g/mol. The van der Waals surface area contributed by atoms with Crippen LogP contribution in [0.2, 0.25) is 0 Å². The Kier molecular flexibility index (Phi) is 7.50. The maximum Gasteiger partial charge on any atom is 0.185 e. The molecule has 1 aliphatic carbocycles. The second-order valence-corrected chi connectivity index (χ2v) is 9.14. The smallest absolute Gasteiger partial charge is 0.185 e. The predicted octanol–water partition coefficient (Wildman–Crippen LogP) is 5.62. The molecule has 184 valence electrons. The highest BCUT2D eigenvalue weighted by molar-refractivity contribution is 5.96. The molecule has 0 unspecified atom stereocenters. The van der Waals surface area contributed by atoms with Crippen molar-refractivity contribution < 1.29 is 22.7 Å². The Balaban J connectivity index is 1.65. The molecule has 3 atom stereocenters. The predicted molar refractivity (Wildman–Crippen MR) is 127 cm³/mol. The molecule has 1 aliphatic rings. The molecule has 0 saturated heterocycles. The normalized spacial score (nSPS) is 20.0. The van der Waals surface area contributed by atoms with Gasteiger partial charge in [0.2, 0.25) is 0 Å². The van der Waals surface area contributed by atoms with Crippen molar-refractivity contribution in [3.8, 4) is 17.0 Å². The Morgan fingerprint density at radius 3 is 2.60 bits per heavy atom. The van der Waals surface area contributed by atoms with Gasteiger partial charge in [-0.25, -0.2) is 18.2 Å². The van der Waals surface area contributed by atoms with Crippen LogP contribution in [0.5, 0.6) is 5.75 Å². The van der Waals surface area contributed by atoms with Crippen molar-refractivity contribution in [2.45, 2.75) is 51.5 Å². The van der Waals surface area contributed by atoms with E-state index in [1.165, 1.54) is 6.07 Å². The van der Waals surface area contributed by atoms with E-state index < -0.39 is 34.5 Å². The van der Waals surface area contributed by atoms with Crippen LogP contribution in [0.15, 0.2) is 42.7 Å². The molecule has 35 heavy (non-hydrogen) atoms. The molecule has 5 nitrogen and oxygen atoms in total. The summed E-state index contributed by atoms with van der Waals surface area (Å²) in [4.78, 5) is 21.4. The van der Waals surface area contributed by atoms with E-state index in [2.05, 4.69) is 16.9 Å². The Morgan fingerprint density at radius 2 is 1.86 bits per heavy atom. The lowest BCUT2D eigenvalue weighted by molar-refractivity contribution is 0.0987. The number of pyridine rings is 2. The first-order chi connectivity index (χ1) is 16.8. The highest BCUT2D eigenvalue weighted by atomic mass is 19.1. The summed E-state index contributed by atoms with van der Waals surface area (Å²) in [5.41, 5.74) is 6.65. The number of carbonyl (C=O) groups is 1. The van der Waals surface area contributed by atoms with E-state index in [9.17, 15) is 18.0 Å². The van der Waals surface area contributed by atoms with Gasteiger partial charge in [0.25, 0.3) is 0 Å². The average molecular weight is 484 g/mol. The maximum atomic E-state index is 14.9. The molecular formula is C27H28F3N3O2. The Labute approximate surface area is 202 Å². The van der Waals surface area contributed by atoms with Crippen LogP contribution in [-0.4, -0.2) is 28.4 Å². The number of nitrogens with two attached hydrogens (primary N) is 1. The second-order valence-electron chi connectivity index (χ2n) is 9.14. The molecule has 0 aliphatic heterocycles. The third-order valence-electron chi connectivity index (χ3n) is 6.44. The van der Waals surface area contributed by atoms with Crippen molar-refractivity contribution in [2.75, 3.05) is 6.61 Å². The summed E-state index contributed by atoms with van der Waals surface area (Å²) in [6, 6.07) is 6.33. The number of ether oxygens (including phenoxy) is 1. The molecule has 1 fully saturated rings. The molecule has 0 bridgehead atoms. The number of rotatable bonds is 7. The van der Waals surface area contributed by atoms with Crippen molar-refractivity contribution >= 4 is 5.78 Å². The van der Waals surface area contributed by atoms with Crippen LogP contribution in [0.3, 0.4) is 0 Å². The van der Waals surface area contributed by atoms with E-state index in [0.717, 1.165) is 48.6 Å². The largest absolute Gasteiger partial charge is 0.491 e. The summed E-state index contributed by atoms with van der Waals surface area (Å²) in [5.74, 6) is -2.96. The first-order valence-corrected chi connectivity index (χ1v) is 11.8. The molecule has 4 rings (SSSR count). The lowest BCUT2D eigenvalue weighted by Crippen LogP contribution is -2.31. The van der Waals surface area contributed by atoms with E-state index in [-0.39, 0.29) is 36.4 Å². The van der Waals surface area contributed by atoms with Crippen molar-refractivity contribution in [1.29, 1.82) is 0 Å². The number of hydrogen-bond donors (Lipinski definition) is 1. The molecule has 1 saturated carbocycles. The van der Waals surface area contributed by atoms with Crippen LogP contribution in [0.1, 0.15) is 60.6 Å². The van der Waals surface area contributed by atoms with E-state index >= 15 is 0 Å². The Morgan fingerprint density at radius 1 is 1.09 bits per heavy atom. The standard InChI is InChI=1S/C27H28F3N3O2/c1-3-35-24-7-5-20(28)25(26(24)30)27-21(29)4-6-22(33-27)23(34)13-17-14-32-9-8-19(17)16-10-15(2)11-18(31)12-16/h4-9,14-16,18H,3,10-13,31H2,1-2H3/t15-,16+,18-/m0/s1. The van der Waals surface area contributed by atoms with Gasteiger partial charge < -0.3 is 10.5 Å². The number of hydrogen-bond acceptors (Lipinski definition) is 5. The fourth-order valence-corrected chi connectivity index (χ4v) is 4.95. The van der Waals surface area contributed by atoms with Gasteiger partial charge >= 0.3 is 0 Å². The fourth-order valence-electron chi connectivity index (χ4n) is 4.95. The minimum atomic E-state index is -1.07. The zero-order chi connectivity index (χ0) is 25.1. The molecule has 8 heteroatoms. The zero-order valence-corrected chi connectivity index (χ0v) is 19.7. The quantitative estimate of drug-likeness (QED) is 0.442. The first-order valence-electron chi connectivity index (χ1n) is 11.8. The molecule has 1 aromatic carbocycles. The molecule has 0 spiro atoms. The summed E-state index contributed by atoms with van der Waals surface area (Å²) in [6.07, 6.45) is 6.07. The highest BCUT2D eigenvalue weighted by Gasteiger charge is 2.28. The molecule has 0 amide bonds. The van der Waals surface area contributed by atoms with E-state index in [0.29, 0.717) is 5.92 Å². The molecule has 2 heterocycles. The van der Waals surface area contributed by atoms with Gasteiger partial charge in [-0.15, -0.1) is 0 Å². The number of nitrogens with zero attached hydrogens (tertiary/aromatic N) is 2. The topological polar surface area (TPSA) is 78.1 Å². The lowest BCUT2D eigenvalue weighted by Gasteiger charge is -2.32. The number of Topliss-reactive ketones (excluding diaryl/α,β-unsaturated/α-hetero) is 1. The highest BCUT2D eigenvalue weighted by Crippen LogP contribution is 2.37. The van der Waals surface area contributed by atoms with Crippen LogP contribution in [0.4, 0.5) is 13.2 Å². The summed E-state index contributed by atoms with van der Waals surface area (Å²) in [5, 5.41) is 0. The second kappa shape index (κ2) is 10.6. The Bertz CT molecular complexity index is 1220. The van der Waals surface area contributed by atoms with E-state index in [1.807, 2.05) is 6.07 Å². The zero-order valence-electron chi connectivity index (χ0n) is 19.7. The summed E-state index contributed by atoms with van der Waals surface area (Å²) < 4.78 is 49.2. The monoisotopic (exact) mass is 483 g/mol. The van der Waals surface area contributed by atoms with Crippen LogP contribution in [0, 0.1) is 23.4 Å². The van der Waals surface area contributed by atoms with Gasteiger partial charge in [-0.05, 0) is 79.5 Å². The van der Waals surface area contributed by atoms with Gasteiger partial charge in [0.1, 0.15) is 23.0 Å². The van der Waals surface area contributed by atoms with Crippen molar-refractivity contribution in [2.24, 2.45) is 11.7 Å². The lowest BCUT2D eigenvalue weighted by atomic mass is 9.75. The van der Waals surface area contributed by atoms with Gasteiger partial charge in [0.05, 0.1) is 12.2 Å². The van der Waals surface area contributed by atoms with Crippen molar-refractivity contribution in [1.82, 2.24) is 9.97 Å². The molecule has 2 N–H and O–H groups in total. The Hall–Kier alpha value is -3.26. The summed E-state index contributed by atoms with van der Waals surface area (Å²) >= 11 is 0. The number of ketones is 1. The van der Waals surface area contributed by atoms with Gasteiger partial charge in [-0.2, -0.15) is 0 Å². The fraction of sp³-hybridized carbons (Fsp3) is 0.370. The van der Waals surface area contributed by atoms with Crippen LogP contribution in [-0.2, 0) is 6.42 Å². The summed E-state index contributed by atoms with van der Waals surface area (Å²) in [6.45, 7) is 3.96. The maximum absolute atomic E-state index is 14.9. The molecule has 3 aromatic rings. The van der Waals surface area contributed by atoms with E-state index in [4.69, 9.17) is 10.5 Å². The van der Waals surface area contributed by atoms with E-state index in [1.54, 1.807) is 19.3 Å². The van der Waals surface area contributed by atoms with Gasteiger partial charge in [0.15, 0.2) is 17.3 Å². The van der Waals surface area contributed by atoms with Crippen LogP contribution in [0.25, 0.3) is 11.3 Å². The SMILES string of the molecule is CCOc1ccc(F)c(-c2nc(C(=O)Cc3cnccc3[C@@H]3C[C@H](C)C[C@H](N)C3)ccc2F)c1F. The van der Waals surface area contributed by atoms with Gasteiger partial charge in [-0.1, -0.05) is 6.92 Å². The minimum Gasteiger partial charge on any atom is -0.491 e. The number of aromatic nitrogens is 2. The van der Waals surface area contributed by atoms with Crippen molar-refractivity contribution in [3.63, 3.8) is 0 Å². The van der Waals surface area contributed by atoms with Crippen LogP contribution < -0.4 is 10.5 Å². The van der Waals surface area contributed by atoms with Gasteiger partial charge in [-0.3, -0.25) is 9.78 Å². The molecule has 2 aromatic heterocycles. The number of halogens is 3. The summed E-state index contributed by atoms with van der Waals surface area (Å²) in [7, 11) is 0. The third-order valence-corrected chi connectivity index (χ3v) is 6.44. The molecule has 0 radical (unpaired) electrons. The average Bonchev–Trinajstić information content (AvgIpc) is 2.82. The third kappa shape index (κ3) is 5.37. The van der Waals surface area contributed by atoms with Crippen LogP contribution >= 0.6 is 0 Å². The number of benzene rings is 1. The number of carbonyl (C=O) groups excluding carboxylic acids is 1. The minimum absolute atomic E-state index is 0.0225. The first kappa shape index (κ1) is 24.9.